The number of halogens is 4. The molecule has 0 atom stereocenters. The second-order valence-corrected chi connectivity index (χ2v) is 8.70. The predicted octanol–water partition coefficient (Wildman–Crippen LogP) is 6.81. The van der Waals surface area contributed by atoms with Crippen LogP contribution in [-0.2, 0) is 19.3 Å². The summed E-state index contributed by atoms with van der Waals surface area (Å²) < 4.78 is 42.7. The van der Waals surface area contributed by atoms with Crippen LogP contribution in [-0.4, -0.2) is 26.9 Å². The van der Waals surface area contributed by atoms with E-state index >= 15 is 0 Å². The lowest BCUT2D eigenvalue weighted by molar-refractivity contribution is -0.138. The maximum atomic E-state index is 13.6. The number of amides is 1. The summed E-state index contributed by atoms with van der Waals surface area (Å²) in [6.07, 6.45) is -3.11. The van der Waals surface area contributed by atoms with Crippen LogP contribution in [0.3, 0.4) is 0 Å². The molecule has 1 aromatic heterocycles. The van der Waals surface area contributed by atoms with Crippen LogP contribution >= 0.6 is 11.6 Å². The van der Waals surface area contributed by atoms with E-state index in [4.69, 9.17) is 11.6 Å². The zero-order valence-corrected chi connectivity index (χ0v) is 19.2. The van der Waals surface area contributed by atoms with Gasteiger partial charge in [0.2, 0.25) is 0 Å². The van der Waals surface area contributed by atoms with Gasteiger partial charge >= 0.3 is 6.18 Å². The van der Waals surface area contributed by atoms with E-state index in [1.54, 1.807) is 6.07 Å². The number of alkyl halides is 3. The summed E-state index contributed by atoms with van der Waals surface area (Å²) in [7, 11) is 0. The van der Waals surface area contributed by atoms with Crippen molar-refractivity contribution in [3.8, 4) is 0 Å². The molecule has 3 aromatic rings. The van der Waals surface area contributed by atoms with Gasteiger partial charge in [-0.2, -0.15) is 13.2 Å². The van der Waals surface area contributed by atoms with E-state index in [-0.39, 0.29) is 18.0 Å². The predicted molar refractivity (Wildman–Crippen MR) is 121 cm³/mol. The highest BCUT2D eigenvalue weighted by atomic mass is 35.5. The average molecular weight is 466 g/mol. The summed E-state index contributed by atoms with van der Waals surface area (Å²) in [6.45, 7) is 7.17. The molecule has 172 valence electrons. The van der Waals surface area contributed by atoms with Crippen molar-refractivity contribution in [3.63, 3.8) is 0 Å². The number of carbonyl (C=O) groups excluding carboxylic acids is 1. The van der Waals surface area contributed by atoms with Gasteiger partial charge in [-0.15, -0.1) is 0 Å². The minimum absolute atomic E-state index is 0.115. The van der Waals surface area contributed by atoms with Gasteiger partial charge in [0.1, 0.15) is 5.82 Å². The number of nitrogens with zero attached hydrogens (tertiary/aromatic N) is 3. The molecule has 0 aliphatic carbocycles. The number of hydrogen-bond acceptors (Lipinski definition) is 2. The zero-order chi connectivity index (χ0) is 23.5. The molecule has 3 rings (SSSR count). The molecule has 8 heteroatoms. The normalized spacial score (nSPS) is 12.0. The van der Waals surface area contributed by atoms with Gasteiger partial charge in [0.05, 0.1) is 28.7 Å². The Morgan fingerprint density at radius 2 is 1.91 bits per heavy atom. The number of hydrogen-bond donors (Lipinski definition) is 0. The van der Waals surface area contributed by atoms with Crippen LogP contribution in [0.4, 0.5) is 13.2 Å². The lowest BCUT2D eigenvalue weighted by atomic mass is 10.0. The van der Waals surface area contributed by atoms with E-state index in [1.165, 1.54) is 23.1 Å². The summed E-state index contributed by atoms with van der Waals surface area (Å²) in [4.78, 5) is 19.5. The minimum atomic E-state index is -4.61. The monoisotopic (exact) mass is 465 g/mol. The van der Waals surface area contributed by atoms with E-state index in [9.17, 15) is 18.0 Å². The van der Waals surface area contributed by atoms with Gasteiger partial charge in [0.25, 0.3) is 5.91 Å². The second kappa shape index (κ2) is 9.94. The van der Waals surface area contributed by atoms with Crippen molar-refractivity contribution < 1.29 is 18.0 Å². The minimum Gasteiger partial charge on any atom is -0.331 e. The standard InChI is InChI=1S/C24H27ClF3N3O/c1-4-12-31-21-14-17(25)9-10-20(21)29-22(31)15-30(13-11-16(2)3)23(32)18-7-5-6-8-19(18)24(26,27)28/h5-10,14,16H,4,11-13,15H2,1-3H3. The van der Waals surface area contributed by atoms with Crippen LogP contribution in [0.5, 0.6) is 0 Å². The first-order valence-corrected chi connectivity index (χ1v) is 11.1. The largest absolute Gasteiger partial charge is 0.417 e. The molecule has 4 nitrogen and oxygen atoms in total. The quantitative estimate of drug-likeness (QED) is 0.366. The van der Waals surface area contributed by atoms with E-state index in [2.05, 4.69) is 4.98 Å². The Balaban J connectivity index is 2.03. The molecule has 0 aliphatic heterocycles. The lowest BCUT2D eigenvalue weighted by Crippen LogP contribution is -2.34. The molecule has 0 spiro atoms. The highest BCUT2D eigenvalue weighted by Crippen LogP contribution is 2.33. The Morgan fingerprint density at radius 3 is 2.56 bits per heavy atom. The van der Waals surface area contributed by atoms with Crippen molar-refractivity contribution >= 4 is 28.5 Å². The molecular formula is C24H27ClF3N3O. The van der Waals surface area contributed by atoms with Crippen molar-refractivity contribution in [1.82, 2.24) is 14.5 Å². The maximum absolute atomic E-state index is 13.6. The first-order chi connectivity index (χ1) is 15.1. The second-order valence-electron chi connectivity index (χ2n) is 8.27. The number of rotatable bonds is 8. The van der Waals surface area contributed by atoms with Gasteiger partial charge in [-0.1, -0.05) is 44.5 Å². The van der Waals surface area contributed by atoms with E-state index in [0.29, 0.717) is 30.4 Å². The molecule has 0 unspecified atom stereocenters. The SMILES string of the molecule is CCCn1c(CN(CCC(C)C)C(=O)c2ccccc2C(F)(F)F)nc2ccc(Cl)cc21. The van der Waals surface area contributed by atoms with Crippen molar-refractivity contribution in [2.45, 2.75) is 52.9 Å². The van der Waals surface area contributed by atoms with Gasteiger partial charge in [0.15, 0.2) is 0 Å². The molecule has 2 aromatic carbocycles. The van der Waals surface area contributed by atoms with Crippen molar-refractivity contribution in [1.29, 1.82) is 0 Å². The average Bonchev–Trinajstić information content (AvgIpc) is 3.06. The van der Waals surface area contributed by atoms with Crippen LogP contribution in [0, 0.1) is 5.92 Å². The lowest BCUT2D eigenvalue weighted by Gasteiger charge is -2.25. The number of aromatic nitrogens is 2. The fourth-order valence-corrected chi connectivity index (χ4v) is 3.83. The van der Waals surface area contributed by atoms with Gasteiger partial charge in [-0.3, -0.25) is 4.79 Å². The third-order valence-electron chi connectivity index (χ3n) is 5.30. The first kappa shape index (κ1) is 24.1. The highest BCUT2D eigenvalue weighted by Gasteiger charge is 2.36. The van der Waals surface area contributed by atoms with Gasteiger partial charge < -0.3 is 9.47 Å². The number of fused-ring (bicyclic) bond motifs is 1. The fourth-order valence-electron chi connectivity index (χ4n) is 3.66. The zero-order valence-electron chi connectivity index (χ0n) is 18.4. The van der Waals surface area contributed by atoms with E-state index < -0.39 is 17.6 Å². The summed E-state index contributed by atoms with van der Waals surface area (Å²) in [5.41, 5.74) is 0.324. The summed E-state index contributed by atoms with van der Waals surface area (Å²) >= 11 is 6.17. The van der Waals surface area contributed by atoms with Gasteiger partial charge in [-0.25, -0.2) is 4.98 Å². The molecule has 32 heavy (non-hydrogen) atoms. The Labute approximate surface area is 191 Å². The molecular weight excluding hydrogens is 439 g/mol. The molecule has 0 N–H and O–H groups in total. The molecule has 1 heterocycles. The van der Waals surface area contributed by atoms with Crippen LogP contribution < -0.4 is 0 Å². The first-order valence-electron chi connectivity index (χ1n) is 10.7. The Bertz CT molecular complexity index is 1090. The van der Waals surface area contributed by atoms with Crippen LogP contribution in [0.1, 0.15) is 55.4 Å². The smallest absolute Gasteiger partial charge is 0.331 e. The summed E-state index contributed by atoms with van der Waals surface area (Å²) in [6, 6.07) is 10.3. The maximum Gasteiger partial charge on any atom is 0.417 e. The van der Waals surface area contributed by atoms with E-state index in [1.807, 2.05) is 37.5 Å². The molecule has 0 aliphatic rings. The van der Waals surface area contributed by atoms with Gasteiger partial charge in [0, 0.05) is 18.1 Å². The molecule has 0 radical (unpaired) electrons. The third kappa shape index (κ3) is 5.44. The van der Waals surface area contributed by atoms with Gasteiger partial charge in [-0.05, 0) is 49.1 Å². The van der Waals surface area contributed by atoms with Crippen molar-refractivity contribution in [2.24, 2.45) is 5.92 Å². The highest BCUT2D eigenvalue weighted by molar-refractivity contribution is 6.31. The topological polar surface area (TPSA) is 38.1 Å². The number of benzene rings is 2. The third-order valence-corrected chi connectivity index (χ3v) is 5.53. The molecule has 1 amide bonds. The van der Waals surface area contributed by atoms with E-state index in [0.717, 1.165) is 23.5 Å². The van der Waals surface area contributed by atoms with Crippen LogP contribution in [0.15, 0.2) is 42.5 Å². The van der Waals surface area contributed by atoms with Crippen molar-refractivity contribution in [2.75, 3.05) is 6.54 Å². The fraction of sp³-hybridized carbons (Fsp3) is 0.417. The van der Waals surface area contributed by atoms with Crippen LogP contribution in [0.2, 0.25) is 5.02 Å². The van der Waals surface area contributed by atoms with Crippen molar-refractivity contribution in [3.05, 3.63) is 64.4 Å². The summed E-state index contributed by atoms with van der Waals surface area (Å²) in [5, 5.41) is 0.577. The Morgan fingerprint density at radius 1 is 1.19 bits per heavy atom. The molecule has 0 bridgehead atoms. The Kier molecular flexibility index (Phi) is 7.49. The van der Waals surface area contributed by atoms with Crippen LogP contribution in [0.25, 0.3) is 11.0 Å². The number of aryl methyl sites for hydroxylation is 1. The Hall–Kier alpha value is -2.54. The number of imidazole rings is 1. The molecule has 0 fully saturated rings. The summed E-state index contributed by atoms with van der Waals surface area (Å²) in [5.74, 6) is 0.272. The molecule has 0 saturated carbocycles. The number of carbonyl (C=O) groups is 1. The molecule has 0 saturated heterocycles.